The molecule has 0 aliphatic heterocycles. The Morgan fingerprint density at radius 1 is 1.28 bits per heavy atom. The first-order valence-electron chi connectivity index (χ1n) is 7.10. The van der Waals surface area contributed by atoms with Gasteiger partial charge in [0.1, 0.15) is 0 Å². The molecule has 18 heavy (non-hydrogen) atoms. The van der Waals surface area contributed by atoms with Gasteiger partial charge in [-0.1, -0.05) is 57.7 Å². The molecule has 0 saturated carbocycles. The average Bonchev–Trinajstić information content (AvgIpc) is 2.37. The molecule has 0 heterocycles. The quantitative estimate of drug-likeness (QED) is 0.665. The molecule has 0 saturated heterocycles. The van der Waals surface area contributed by atoms with E-state index >= 15 is 0 Å². The van der Waals surface area contributed by atoms with Crippen LogP contribution in [0.25, 0.3) is 0 Å². The van der Waals surface area contributed by atoms with Gasteiger partial charge in [-0.25, -0.2) is 0 Å². The van der Waals surface area contributed by atoms with E-state index in [0.717, 1.165) is 12.3 Å². The van der Waals surface area contributed by atoms with Crippen LogP contribution in [-0.2, 0) is 0 Å². The lowest BCUT2D eigenvalue weighted by molar-refractivity contribution is 0.388. The van der Waals surface area contributed by atoms with E-state index in [4.69, 9.17) is 5.73 Å². The minimum Gasteiger partial charge on any atom is -0.324 e. The Bertz CT molecular complexity index is 362. The van der Waals surface area contributed by atoms with Crippen LogP contribution in [0, 0.1) is 16.4 Å². The monoisotopic (exact) mass is 359 g/mol. The highest BCUT2D eigenvalue weighted by Crippen LogP contribution is 2.28. The fourth-order valence-electron chi connectivity index (χ4n) is 2.42. The van der Waals surface area contributed by atoms with E-state index in [1.165, 1.54) is 40.4 Å². The molecule has 0 aliphatic rings. The van der Waals surface area contributed by atoms with Gasteiger partial charge in [-0.15, -0.1) is 0 Å². The van der Waals surface area contributed by atoms with Crippen LogP contribution in [0.5, 0.6) is 0 Å². The van der Waals surface area contributed by atoms with E-state index in [-0.39, 0.29) is 6.04 Å². The third-order valence-corrected chi connectivity index (χ3v) is 5.23. The van der Waals surface area contributed by atoms with Gasteiger partial charge in [0.15, 0.2) is 0 Å². The number of rotatable bonds is 7. The highest BCUT2D eigenvalue weighted by molar-refractivity contribution is 14.1. The van der Waals surface area contributed by atoms with Crippen LogP contribution in [0.2, 0.25) is 0 Å². The number of unbranched alkanes of at least 4 members (excludes halogenated alkanes) is 1. The summed E-state index contributed by atoms with van der Waals surface area (Å²) >= 11 is 2.43. The molecular weight excluding hydrogens is 333 g/mol. The zero-order chi connectivity index (χ0) is 13.5. The molecule has 0 aromatic heterocycles. The first kappa shape index (κ1) is 16.0. The van der Waals surface area contributed by atoms with Crippen molar-refractivity contribution in [2.24, 2.45) is 11.7 Å². The molecule has 0 radical (unpaired) electrons. The third kappa shape index (κ3) is 4.54. The number of aryl methyl sites for hydroxylation is 1. The highest BCUT2D eigenvalue weighted by atomic mass is 127. The number of hydrogen-bond acceptors (Lipinski definition) is 1. The average molecular weight is 359 g/mol. The molecule has 2 unspecified atom stereocenters. The van der Waals surface area contributed by atoms with Crippen LogP contribution in [0.15, 0.2) is 18.2 Å². The fourth-order valence-corrected chi connectivity index (χ4v) is 3.18. The van der Waals surface area contributed by atoms with Gasteiger partial charge in [0.05, 0.1) is 0 Å². The Labute approximate surface area is 126 Å². The van der Waals surface area contributed by atoms with Crippen LogP contribution in [-0.4, -0.2) is 0 Å². The summed E-state index contributed by atoms with van der Waals surface area (Å²) in [4.78, 5) is 0. The van der Waals surface area contributed by atoms with Crippen molar-refractivity contribution in [3.8, 4) is 0 Å². The Balaban J connectivity index is 2.68. The first-order valence-corrected chi connectivity index (χ1v) is 8.18. The summed E-state index contributed by atoms with van der Waals surface area (Å²) in [5, 5.41) is 0. The molecule has 0 bridgehead atoms. The second kappa shape index (κ2) is 8.16. The predicted octanol–water partition coefficient (Wildman–Crippen LogP) is 5.21. The third-order valence-electron chi connectivity index (χ3n) is 3.75. The molecule has 1 aromatic carbocycles. The lowest BCUT2D eigenvalue weighted by atomic mass is 9.89. The van der Waals surface area contributed by atoms with Crippen LogP contribution in [0.1, 0.15) is 63.1 Å². The molecule has 102 valence electrons. The van der Waals surface area contributed by atoms with Crippen molar-refractivity contribution in [2.45, 2.75) is 58.9 Å². The summed E-state index contributed by atoms with van der Waals surface area (Å²) in [6, 6.07) is 6.66. The lowest BCUT2D eigenvalue weighted by Crippen LogP contribution is -2.17. The molecule has 0 amide bonds. The number of hydrogen-bond donors (Lipinski definition) is 1. The summed E-state index contributed by atoms with van der Waals surface area (Å²) in [6.07, 6.45) is 6.30. The summed E-state index contributed by atoms with van der Waals surface area (Å²) < 4.78 is 1.34. The molecule has 1 nitrogen and oxygen atoms in total. The largest absolute Gasteiger partial charge is 0.324 e. The molecule has 0 fully saturated rings. The van der Waals surface area contributed by atoms with E-state index < -0.39 is 0 Å². The highest BCUT2D eigenvalue weighted by Gasteiger charge is 2.16. The van der Waals surface area contributed by atoms with Gasteiger partial charge in [-0.05, 0) is 53.0 Å². The van der Waals surface area contributed by atoms with E-state index in [2.05, 4.69) is 61.6 Å². The van der Waals surface area contributed by atoms with E-state index in [9.17, 15) is 0 Å². The topological polar surface area (TPSA) is 26.0 Å². The molecule has 1 rings (SSSR count). The van der Waals surface area contributed by atoms with Gasteiger partial charge < -0.3 is 5.73 Å². The van der Waals surface area contributed by atoms with Crippen molar-refractivity contribution in [3.05, 3.63) is 32.9 Å². The Morgan fingerprint density at radius 3 is 2.61 bits per heavy atom. The molecular formula is C16H26IN. The molecule has 0 aliphatic carbocycles. The minimum atomic E-state index is 0.193. The number of benzene rings is 1. The maximum atomic E-state index is 6.41. The Hall–Kier alpha value is -0.0900. The van der Waals surface area contributed by atoms with Crippen LogP contribution < -0.4 is 5.73 Å². The lowest BCUT2D eigenvalue weighted by Gasteiger charge is -2.21. The van der Waals surface area contributed by atoms with Crippen molar-refractivity contribution < 1.29 is 0 Å². The predicted molar refractivity (Wildman–Crippen MR) is 88.7 cm³/mol. The van der Waals surface area contributed by atoms with Crippen LogP contribution in [0.3, 0.4) is 0 Å². The van der Waals surface area contributed by atoms with Gasteiger partial charge in [-0.3, -0.25) is 0 Å². The van der Waals surface area contributed by atoms with Gasteiger partial charge in [0.2, 0.25) is 0 Å². The van der Waals surface area contributed by atoms with Crippen molar-refractivity contribution in [1.29, 1.82) is 0 Å². The van der Waals surface area contributed by atoms with E-state index in [0.29, 0.717) is 0 Å². The maximum absolute atomic E-state index is 6.41. The summed E-state index contributed by atoms with van der Waals surface area (Å²) in [5.41, 5.74) is 9.07. The van der Waals surface area contributed by atoms with Crippen LogP contribution >= 0.6 is 22.6 Å². The molecule has 0 spiro atoms. The fraction of sp³-hybridized carbons (Fsp3) is 0.625. The first-order chi connectivity index (χ1) is 8.60. The Kier molecular flexibility index (Phi) is 7.23. The number of halogens is 1. The standard InChI is InChI=1S/C16H26IN/c1-4-6-9-13(5-2)11-15(18)14-10-7-8-12(3)16(14)17/h7-8,10,13,15H,4-6,9,11,18H2,1-3H3. The molecule has 1 aromatic rings. The normalized spacial score (nSPS) is 14.5. The molecule has 2 heteroatoms. The zero-order valence-electron chi connectivity index (χ0n) is 11.9. The second-order valence-electron chi connectivity index (χ2n) is 5.24. The van der Waals surface area contributed by atoms with Crippen molar-refractivity contribution in [2.75, 3.05) is 0 Å². The molecule has 2 N–H and O–H groups in total. The van der Waals surface area contributed by atoms with Gasteiger partial charge >= 0.3 is 0 Å². The van der Waals surface area contributed by atoms with Gasteiger partial charge in [0, 0.05) is 9.61 Å². The Morgan fingerprint density at radius 2 is 2.00 bits per heavy atom. The summed E-state index contributed by atoms with van der Waals surface area (Å²) in [5.74, 6) is 0.774. The summed E-state index contributed by atoms with van der Waals surface area (Å²) in [7, 11) is 0. The van der Waals surface area contributed by atoms with Crippen LogP contribution in [0.4, 0.5) is 0 Å². The van der Waals surface area contributed by atoms with Crippen molar-refractivity contribution >= 4 is 22.6 Å². The molecule has 2 atom stereocenters. The smallest absolute Gasteiger partial charge is 0.0308 e. The van der Waals surface area contributed by atoms with Crippen molar-refractivity contribution in [1.82, 2.24) is 0 Å². The van der Waals surface area contributed by atoms with Crippen molar-refractivity contribution in [3.63, 3.8) is 0 Å². The minimum absolute atomic E-state index is 0.193. The zero-order valence-corrected chi connectivity index (χ0v) is 14.0. The van der Waals surface area contributed by atoms with Gasteiger partial charge in [-0.2, -0.15) is 0 Å². The second-order valence-corrected chi connectivity index (χ2v) is 6.32. The summed E-state index contributed by atoms with van der Waals surface area (Å²) in [6.45, 7) is 6.71. The van der Waals surface area contributed by atoms with E-state index in [1.54, 1.807) is 0 Å². The SMILES string of the molecule is CCCCC(CC)CC(N)c1cccc(C)c1I. The van der Waals surface area contributed by atoms with E-state index in [1.807, 2.05) is 0 Å². The van der Waals surface area contributed by atoms with Gasteiger partial charge in [0.25, 0.3) is 0 Å². The number of nitrogens with two attached hydrogens (primary N) is 1. The maximum Gasteiger partial charge on any atom is 0.0308 e.